The number of amides is 1. The number of nitrogens with one attached hydrogen (secondary N) is 1. The summed E-state index contributed by atoms with van der Waals surface area (Å²) >= 11 is 1.86. The molecule has 0 aliphatic carbocycles. The standard InChI is InChI=1S/C17H25N3OS/c1-13(21)19-15-7-8-17(18-11-15)22-12-14-5-4-10-20-9-3-2-6-16(14)20/h7-8,11,14,16H,2-6,9-10,12H2,1H3,(H,19,21)/t14-,16+/m0/s1. The summed E-state index contributed by atoms with van der Waals surface area (Å²) in [5, 5.41) is 3.81. The van der Waals surface area contributed by atoms with Crippen molar-refractivity contribution in [3.05, 3.63) is 18.3 Å². The van der Waals surface area contributed by atoms with Gasteiger partial charge in [-0.15, -0.1) is 11.8 Å². The molecular formula is C17H25N3OS. The van der Waals surface area contributed by atoms with Gasteiger partial charge in [0.1, 0.15) is 0 Å². The molecule has 3 rings (SSSR count). The summed E-state index contributed by atoms with van der Waals surface area (Å²) < 4.78 is 0. The maximum absolute atomic E-state index is 11.0. The van der Waals surface area contributed by atoms with E-state index in [9.17, 15) is 4.79 Å². The lowest BCUT2D eigenvalue weighted by atomic mass is 9.85. The second kappa shape index (κ2) is 7.47. The molecule has 0 unspecified atom stereocenters. The Bertz CT molecular complexity index is 503. The zero-order chi connectivity index (χ0) is 15.4. The average Bonchev–Trinajstić information content (AvgIpc) is 2.54. The van der Waals surface area contributed by atoms with Gasteiger partial charge in [0.05, 0.1) is 16.9 Å². The first-order valence-corrected chi connectivity index (χ1v) is 9.31. The Morgan fingerprint density at radius 2 is 2.18 bits per heavy atom. The molecule has 1 aromatic heterocycles. The van der Waals surface area contributed by atoms with Crippen molar-refractivity contribution in [2.45, 2.75) is 50.1 Å². The van der Waals surface area contributed by atoms with Crippen LogP contribution in [-0.2, 0) is 4.79 Å². The van der Waals surface area contributed by atoms with E-state index in [1.54, 1.807) is 6.20 Å². The Hall–Kier alpha value is -1.07. The number of rotatable bonds is 4. The lowest BCUT2D eigenvalue weighted by Gasteiger charge is -2.44. The Balaban J connectivity index is 1.54. The fourth-order valence-corrected chi connectivity index (χ4v) is 4.77. The number of hydrogen-bond donors (Lipinski definition) is 1. The van der Waals surface area contributed by atoms with Crippen molar-refractivity contribution >= 4 is 23.4 Å². The quantitative estimate of drug-likeness (QED) is 0.864. The fraction of sp³-hybridized carbons (Fsp3) is 0.647. The molecule has 120 valence electrons. The second-order valence-corrected chi connectivity index (χ2v) is 7.42. The lowest BCUT2D eigenvalue weighted by Crippen LogP contribution is -2.48. The van der Waals surface area contributed by atoms with E-state index in [1.807, 2.05) is 23.9 Å². The third-order valence-electron chi connectivity index (χ3n) is 4.73. The number of carbonyl (C=O) groups is 1. The molecular weight excluding hydrogens is 294 g/mol. The van der Waals surface area contributed by atoms with Crippen molar-refractivity contribution in [3.63, 3.8) is 0 Å². The van der Waals surface area contributed by atoms with Crippen molar-refractivity contribution in [2.24, 2.45) is 5.92 Å². The molecule has 0 aromatic carbocycles. The molecule has 4 nitrogen and oxygen atoms in total. The number of pyridine rings is 1. The molecule has 2 saturated heterocycles. The fourth-order valence-electron chi connectivity index (χ4n) is 3.71. The van der Waals surface area contributed by atoms with E-state index >= 15 is 0 Å². The Labute approximate surface area is 137 Å². The van der Waals surface area contributed by atoms with Crippen LogP contribution in [0, 0.1) is 5.92 Å². The van der Waals surface area contributed by atoms with Gasteiger partial charge in [0.2, 0.25) is 5.91 Å². The summed E-state index contributed by atoms with van der Waals surface area (Å²) in [4.78, 5) is 18.2. The molecule has 0 radical (unpaired) electrons. The Morgan fingerprint density at radius 1 is 1.32 bits per heavy atom. The Morgan fingerprint density at radius 3 is 2.95 bits per heavy atom. The number of fused-ring (bicyclic) bond motifs is 1. The molecule has 5 heteroatoms. The van der Waals surface area contributed by atoms with Crippen LogP contribution in [0.1, 0.15) is 39.0 Å². The molecule has 0 bridgehead atoms. The summed E-state index contributed by atoms with van der Waals surface area (Å²) in [5.74, 6) is 1.91. The first-order valence-electron chi connectivity index (χ1n) is 8.33. The van der Waals surface area contributed by atoms with E-state index < -0.39 is 0 Å². The topological polar surface area (TPSA) is 45.2 Å². The van der Waals surface area contributed by atoms with Crippen LogP contribution in [0.4, 0.5) is 5.69 Å². The summed E-state index contributed by atoms with van der Waals surface area (Å²) in [7, 11) is 0. The molecule has 2 atom stereocenters. The lowest BCUT2D eigenvalue weighted by molar-refractivity contribution is -0.114. The molecule has 1 aromatic rings. The minimum absolute atomic E-state index is 0.0539. The molecule has 1 N–H and O–H groups in total. The van der Waals surface area contributed by atoms with Crippen LogP contribution >= 0.6 is 11.8 Å². The van der Waals surface area contributed by atoms with E-state index in [1.165, 1.54) is 52.1 Å². The maximum atomic E-state index is 11.0. The first kappa shape index (κ1) is 15.8. The zero-order valence-corrected chi connectivity index (χ0v) is 14.1. The Kier molecular flexibility index (Phi) is 5.37. The highest BCUT2D eigenvalue weighted by Gasteiger charge is 2.32. The van der Waals surface area contributed by atoms with Crippen molar-refractivity contribution in [1.82, 2.24) is 9.88 Å². The van der Waals surface area contributed by atoms with E-state index in [2.05, 4.69) is 15.2 Å². The van der Waals surface area contributed by atoms with E-state index in [0.29, 0.717) is 0 Å². The summed E-state index contributed by atoms with van der Waals surface area (Å²) in [6, 6.07) is 4.75. The van der Waals surface area contributed by atoms with Gasteiger partial charge in [-0.05, 0) is 56.8 Å². The van der Waals surface area contributed by atoms with Gasteiger partial charge in [-0.25, -0.2) is 4.98 Å². The zero-order valence-electron chi connectivity index (χ0n) is 13.3. The largest absolute Gasteiger partial charge is 0.325 e. The van der Waals surface area contributed by atoms with E-state index in [0.717, 1.165) is 28.4 Å². The number of anilines is 1. The van der Waals surface area contributed by atoms with E-state index in [-0.39, 0.29) is 5.91 Å². The highest BCUT2D eigenvalue weighted by atomic mass is 32.2. The van der Waals surface area contributed by atoms with Crippen LogP contribution < -0.4 is 5.32 Å². The van der Waals surface area contributed by atoms with Crippen molar-refractivity contribution in [1.29, 1.82) is 0 Å². The van der Waals surface area contributed by atoms with Crippen LogP contribution in [0.5, 0.6) is 0 Å². The van der Waals surface area contributed by atoms with Gasteiger partial charge in [0, 0.05) is 18.7 Å². The predicted octanol–water partition coefficient (Wildman–Crippen LogP) is 3.40. The highest BCUT2D eigenvalue weighted by Crippen LogP contribution is 2.34. The maximum Gasteiger partial charge on any atom is 0.221 e. The molecule has 2 aliphatic heterocycles. The molecule has 2 aliphatic rings. The molecule has 1 amide bonds. The number of hydrogen-bond acceptors (Lipinski definition) is 4. The number of nitrogens with zero attached hydrogens (tertiary/aromatic N) is 2. The highest BCUT2D eigenvalue weighted by molar-refractivity contribution is 7.99. The van der Waals surface area contributed by atoms with Crippen LogP contribution in [0.3, 0.4) is 0 Å². The minimum Gasteiger partial charge on any atom is -0.325 e. The van der Waals surface area contributed by atoms with Gasteiger partial charge in [-0.3, -0.25) is 4.79 Å². The molecule has 2 fully saturated rings. The van der Waals surface area contributed by atoms with E-state index in [4.69, 9.17) is 0 Å². The van der Waals surface area contributed by atoms with Crippen LogP contribution in [0.2, 0.25) is 0 Å². The van der Waals surface area contributed by atoms with Crippen molar-refractivity contribution < 1.29 is 4.79 Å². The minimum atomic E-state index is -0.0539. The summed E-state index contributed by atoms with van der Waals surface area (Å²) in [5.41, 5.74) is 0.771. The molecule has 3 heterocycles. The monoisotopic (exact) mass is 319 g/mol. The average molecular weight is 319 g/mol. The van der Waals surface area contributed by atoms with Gasteiger partial charge >= 0.3 is 0 Å². The van der Waals surface area contributed by atoms with Crippen molar-refractivity contribution in [2.75, 3.05) is 24.2 Å². The van der Waals surface area contributed by atoms with Gasteiger partial charge in [0.25, 0.3) is 0 Å². The van der Waals surface area contributed by atoms with Gasteiger partial charge in [-0.1, -0.05) is 6.42 Å². The van der Waals surface area contributed by atoms with Crippen LogP contribution in [0.15, 0.2) is 23.4 Å². The normalized spacial score (nSPS) is 25.5. The summed E-state index contributed by atoms with van der Waals surface area (Å²) in [6.07, 6.45) is 8.60. The number of carbonyl (C=O) groups excluding carboxylic acids is 1. The number of piperidine rings is 2. The first-order chi connectivity index (χ1) is 10.7. The summed E-state index contributed by atoms with van der Waals surface area (Å²) in [6.45, 7) is 4.12. The third-order valence-corrected chi connectivity index (χ3v) is 5.86. The second-order valence-electron chi connectivity index (χ2n) is 6.38. The number of thioether (sulfide) groups is 1. The molecule has 22 heavy (non-hydrogen) atoms. The van der Waals surface area contributed by atoms with Crippen molar-refractivity contribution in [3.8, 4) is 0 Å². The smallest absolute Gasteiger partial charge is 0.221 e. The van der Waals surface area contributed by atoms with Crippen LogP contribution in [-0.4, -0.2) is 40.7 Å². The predicted molar refractivity (Wildman–Crippen MR) is 91.2 cm³/mol. The van der Waals surface area contributed by atoms with Crippen LogP contribution in [0.25, 0.3) is 0 Å². The molecule has 0 saturated carbocycles. The SMILES string of the molecule is CC(=O)Nc1ccc(SC[C@@H]2CCCN3CCCC[C@H]23)nc1. The van der Waals surface area contributed by atoms with Gasteiger partial charge < -0.3 is 10.2 Å². The van der Waals surface area contributed by atoms with Gasteiger partial charge in [-0.2, -0.15) is 0 Å². The van der Waals surface area contributed by atoms with Gasteiger partial charge in [0.15, 0.2) is 0 Å². The number of aromatic nitrogens is 1. The molecule has 0 spiro atoms. The third kappa shape index (κ3) is 4.02.